The summed E-state index contributed by atoms with van der Waals surface area (Å²) in [4.78, 5) is 4.32. The van der Waals surface area contributed by atoms with E-state index in [2.05, 4.69) is 20.9 Å². The predicted octanol–water partition coefficient (Wildman–Crippen LogP) is 3.32. The van der Waals surface area contributed by atoms with E-state index in [1.165, 1.54) is 5.56 Å². The maximum Gasteiger partial charge on any atom is 0.151 e. The second kappa shape index (κ2) is 3.24. The number of fused-ring (bicyclic) bond motifs is 1. The smallest absolute Gasteiger partial charge is 0.151 e. The third kappa shape index (κ3) is 1.38. The summed E-state index contributed by atoms with van der Waals surface area (Å²) in [6.07, 6.45) is 0. The highest BCUT2D eigenvalue weighted by molar-refractivity contribution is 9.10. The lowest BCUT2D eigenvalue weighted by Crippen LogP contribution is -1.87. The summed E-state index contributed by atoms with van der Waals surface area (Å²) >= 11 is 3.37. The molecule has 0 saturated carbocycles. The SMILES string of the molecule is Cc1ccc2c(Br)c(O)c(C)nc2c1. The van der Waals surface area contributed by atoms with Crippen molar-refractivity contribution >= 4 is 26.8 Å². The van der Waals surface area contributed by atoms with E-state index in [0.717, 1.165) is 15.4 Å². The topological polar surface area (TPSA) is 33.1 Å². The molecule has 1 aromatic carbocycles. The number of aromatic hydroxyl groups is 1. The summed E-state index contributed by atoms with van der Waals surface area (Å²) in [6, 6.07) is 5.97. The van der Waals surface area contributed by atoms with Gasteiger partial charge in [-0.05, 0) is 41.4 Å². The van der Waals surface area contributed by atoms with E-state index in [-0.39, 0.29) is 5.75 Å². The predicted molar refractivity (Wildman–Crippen MR) is 60.6 cm³/mol. The van der Waals surface area contributed by atoms with Gasteiger partial charge in [0, 0.05) is 5.39 Å². The Morgan fingerprint density at radius 2 is 2.00 bits per heavy atom. The van der Waals surface area contributed by atoms with Crippen LogP contribution in [0.15, 0.2) is 22.7 Å². The molecule has 0 aliphatic carbocycles. The molecule has 1 N–H and O–H groups in total. The third-order valence-corrected chi connectivity index (χ3v) is 3.03. The van der Waals surface area contributed by atoms with Gasteiger partial charge in [0.25, 0.3) is 0 Å². The minimum Gasteiger partial charge on any atom is -0.505 e. The van der Waals surface area contributed by atoms with Crippen molar-refractivity contribution in [3.8, 4) is 5.75 Å². The Balaban J connectivity index is 2.91. The number of nitrogens with zero attached hydrogens (tertiary/aromatic N) is 1. The highest BCUT2D eigenvalue weighted by Crippen LogP contribution is 2.33. The molecule has 2 aromatic rings. The van der Waals surface area contributed by atoms with Crippen molar-refractivity contribution in [2.75, 3.05) is 0 Å². The summed E-state index contributed by atoms with van der Waals surface area (Å²) in [6.45, 7) is 3.82. The Morgan fingerprint density at radius 1 is 1.29 bits per heavy atom. The zero-order chi connectivity index (χ0) is 10.3. The van der Waals surface area contributed by atoms with Gasteiger partial charge in [-0.25, -0.2) is 4.98 Å². The van der Waals surface area contributed by atoms with Crippen LogP contribution in [0.25, 0.3) is 10.9 Å². The summed E-state index contributed by atoms with van der Waals surface area (Å²) in [5.41, 5.74) is 2.73. The number of pyridine rings is 1. The number of halogens is 1. The molecule has 2 rings (SSSR count). The summed E-state index contributed by atoms with van der Waals surface area (Å²) in [5, 5.41) is 10.6. The number of hydrogen-bond donors (Lipinski definition) is 1. The van der Waals surface area contributed by atoms with E-state index in [0.29, 0.717) is 5.69 Å². The Bertz CT molecular complexity index is 508. The van der Waals surface area contributed by atoms with Gasteiger partial charge in [-0.2, -0.15) is 0 Å². The first-order valence-electron chi connectivity index (χ1n) is 4.35. The van der Waals surface area contributed by atoms with E-state index in [1.54, 1.807) is 6.92 Å². The average Bonchev–Trinajstić information content (AvgIpc) is 2.14. The molecule has 0 radical (unpaired) electrons. The molecule has 0 fully saturated rings. The molecule has 2 nitrogen and oxygen atoms in total. The lowest BCUT2D eigenvalue weighted by Gasteiger charge is -2.06. The maximum atomic E-state index is 9.66. The van der Waals surface area contributed by atoms with E-state index in [4.69, 9.17) is 0 Å². The van der Waals surface area contributed by atoms with E-state index >= 15 is 0 Å². The first-order valence-corrected chi connectivity index (χ1v) is 5.14. The molecule has 0 bridgehead atoms. The average molecular weight is 252 g/mol. The number of hydrogen-bond acceptors (Lipinski definition) is 2. The van der Waals surface area contributed by atoms with Crippen LogP contribution >= 0.6 is 15.9 Å². The maximum absolute atomic E-state index is 9.66. The normalized spacial score (nSPS) is 10.8. The van der Waals surface area contributed by atoms with Crippen LogP contribution in [-0.2, 0) is 0 Å². The van der Waals surface area contributed by atoms with Crippen molar-refractivity contribution in [1.29, 1.82) is 0 Å². The molecule has 0 saturated heterocycles. The fourth-order valence-electron chi connectivity index (χ4n) is 1.44. The standard InChI is InChI=1S/C11H10BrNO/c1-6-3-4-8-9(5-6)13-7(2)11(14)10(8)12/h3-5,14H,1-2H3. The lowest BCUT2D eigenvalue weighted by molar-refractivity contribution is 0.465. The van der Waals surface area contributed by atoms with Crippen LogP contribution in [0.3, 0.4) is 0 Å². The van der Waals surface area contributed by atoms with Gasteiger partial charge in [-0.1, -0.05) is 12.1 Å². The van der Waals surface area contributed by atoms with Crippen molar-refractivity contribution in [3.05, 3.63) is 33.9 Å². The molecule has 72 valence electrons. The quantitative estimate of drug-likeness (QED) is 0.780. The second-order valence-electron chi connectivity index (χ2n) is 3.38. The van der Waals surface area contributed by atoms with Gasteiger partial charge in [0.2, 0.25) is 0 Å². The van der Waals surface area contributed by atoms with Crippen LogP contribution < -0.4 is 0 Å². The molecule has 0 amide bonds. The highest BCUT2D eigenvalue weighted by atomic mass is 79.9. The molecule has 0 atom stereocenters. The van der Waals surface area contributed by atoms with Gasteiger partial charge >= 0.3 is 0 Å². The zero-order valence-electron chi connectivity index (χ0n) is 8.00. The molecule has 0 unspecified atom stereocenters. The molecular weight excluding hydrogens is 242 g/mol. The fraction of sp³-hybridized carbons (Fsp3) is 0.182. The number of aryl methyl sites for hydroxylation is 2. The van der Waals surface area contributed by atoms with Crippen LogP contribution in [0.2, 0.25) is 0 Å². The zero-order valence-corrected chi connectivity index (χ0v) is 9.59. The van der Waals surface area contributed by atoms with Crippen molar-refractivity contribution in [2.45, 2.75) is 13.8 Å². The molecule has 0 aliphatic heterocycles. The van der Waals surface area contributed by atoms with E-state index in [1.807, 2.05) is 25.1 Å². The van der Waals surface area contributed by atoms with Crippen molar-refractivity contribution < 1.29 is 5.11 Å². The van der Waals surface area contributed by atoms with Gasteiger partial charge in [0.1, 0.15) is 0 Å². The second-order valence-corrected chi connectivity index (χ2v) is 4.17. The Hall–Kier alpha value is -1.09. The third-order valence-electron chi connectivity index (χ3n) is 2.23. The van der Waals surface area contributed by atoms with Gasteiger partial charge < -0.3 is 5.11 Å². The van der Waals surface area contributed by atoms with Crippen LogP contribution in [0.5, 0.6) is 5.75 Å². The Morgan fingerprint density at radius 3 is 2.71 bits per heavy atom. The number of rotatable bonds is 0. The van der Waals surface area contributed by atoms with Gasteiger partial charge in [0.15, 0.2) is 5.75 Å². The first kappa shape index (κ1) is 9.46. The molecule has 1 aromatic heterocycles. The Kier molecular flexibility index (Phi) is 2.19. The van der Waals surface area contributed by atoms with Gasteiger partial charge in [-0.15, -0.1) is 0 Å². The van der Waals surface area contributed by atoms with Crippen LogP contribution in [0, 0.1) is 13.8 Å². The van der Waals surface area contributed by atoms with Crippen LogP contribution in [-0.4, -0.2) is 10.1 Å². The molecule has 3 heteroatoms. The highest BCUT2D eigenvalue weighted by Gasteiger charge is 2.08. The molecule has 0 spiro atoms. The first-order chi connectivity index (χ1) is 6.59. The van der Waals surface area contributed by atoms with Crippen LogP contribution in [0.1, 0.15) is 11.3 Å². The monoisotopic (exact) mass is 251 g/mol. The summed E-state index contributed by atoms with van der Waals surface area (Å²) < 4.78 is 0.722. The van der Waals surface area contributed by atoms with Crippen LogP contribution in [0.4, 0.5) is 0 Å². The van der Waals surface area contributed by atoms with Crippen molar-refractivity contribution in [3.63, 3.8) is 0 Å². The molecule has 0 aliphatic rings. The molecule has 1 heterocycles. The largest absolute Gasteiger partial charge is 0.505 e. The molecule has 14 heavy (non-hydrogen) atoms. The fourth-order valence-corrected chi connectivity index (χ4v) is 2.06. The number of benzene rings is 1. The minimum atomic E-state index is 0.223. The minimum absolute atomic E-state index is 0.223. The van der Waals surface area contributed by atoms with E-state index in [9.17, 15) is 5.11 Å². The van der Waals surface area contributed by atoms with Crippen molar-refractivity contribution in [1.82, 2.24) is 4.98 Å². The summed E-state index contributed by atoms with van der Waals surface area (Å²) in [7, 11) is 0. The van der Waals surface area contributed by atoms with Gasteiger partial charge in [-0.3, -0.25) is 0 Å². The summed E-state index contributed by atoms with van der Waals surface area (Å²) in [5.74, 6) is 0.223. The Labute approximate surface area is 90.7 Å². The molecular formula is C11H10BrNO. The number of aromatic nitrogens is 1. The van der Waals surface area contributed by atoms with Crippen molar-refractivity contribution in [2.24, 2.45) is 0 Å². The van der Waals surface area contributed by atoms with Gasteiger partial charge in [0.05, 0.1) is 15.7 Å². The lowest BCUT2D eigenvalue weighted by atomic mass is 10.1. The van der Waals surface area contributed by atoms with E-state index < -0.39 is 0 Å².